The van der Waals surface area contributed by atoms with Gasteiger partial charge >= 0.3 is 0 Å². The Morgan fingerprint density at radius 1 is 1.32 bits per heavy atom. The Morgan fingerprint density at radius 3 is 2.64 bits per heavy atom. The second kappa shape index (κ2) is 9.93. The van der Waals surface area contributed by atoms with Crippen molar-refractivity contribution in [3.63, 3.8) is 0 Å². The summed E-state index contributed by atoms with van der Waals surface area (Å²) in [6.07, 6.45) is 3.22. The molecule has 0 saturated carbocycles. The van der Waals surface area contributed by atoms with Gasteiger partial charge in [0.25, 0.3) is 0 Å². The number of benzene rings is 1. The minimum absolute atomic E-state index is 0. The molecule has 0 bridgehead atoms. The summed E-state index contributed by atoms with van der Waals surface area (Å²) in [5.41, 5.74) is 1.99. The third kappa shape index (κ3) is 5.67. The second-order valence-electron chi connectivity index (χ2n) is 5.75. The third-order valence-electron chi connectivity index (χ3n) is 3.92. The lowest BCUT2D eigenvalue weighted by Crippen LogP contribution is -2.43. The van der Waals surface area contributed by atoms with Crippen molar-refractivity contribution in [2.24, 2.45) is 0 Å². The van der Waals surface area contributed by atoms with E-state index in [-0.39, 0.29) is 36.8 Å². The topological polar surface area (TPSA) is 44.4 Å². The summed E-state index contributed by atoms with van der Waals surface area (Å²) in [6.45, 7) is 5.24. The Kier molecular flexibility index (Phi) is 9.49. The minimum Gasteiger partial charge on any atom is -0.372 e. The van der Waals surface area contributed by atoms with Gasteiger partial charge in [-0.2, -0.15) is 0 Å². The van der Waals surface area contributed by atoms with Crippen LogP contribution in [0.5, 0.6) is 0 Å². The van der Waals surface area contributed by atoms with Gasteiger partial charge in [-0.15, -0.1) is 24.8 Å². The van der Waals surface area contributed by atoms with Crippen LogP contribution < -0.4 is 15.5 Å². The van der Waals surface area contributed by atoms with E-state index in [9.17, 15) is 4.79 Å². The number of hydrogen-bond acceptors (Lipinski definition) is 3. The molecule has 1 aliphatic heterocycles. The fourth-order valence-corrected chi connectivity index (χ4v) is 2.41. The number of amides is 1. The van der Waals surface area contributed by atoms with Crippen molar-refractivity contribution in [2.45, 2.75) is 45.2 Å². The highest BCUT2D eigenvalue weighted by Crippen LogP contribution is 2.20. The molecule has 0 aromatic heterocycles. The molecule has 2 N–H and O–H groups in total. The maximum absolute atomic E-state index is 12.2. The van der Waals surface area contributed by atoms with Crippen molar-refractivity contribution in [1.29, 1.82) is 0 Å². The highest BCUT2D eigenvalue weighted by atomic mass is 35.5. The Balaban J connectivity index is 0.00000220. The lowest BCUT2D eigenvalue weighted by molar-refractivity contribution is -0.118. The first-order chi connectivity index (χ1) is 9.58. The first kappa shape index (κ1) is 21.0. The van der Waals surface area contributed by atoms with Crippen LogP contribution in [0.25, 0.3) is 0 Å². The van der Waals surface area contributed by atoms with Gasteiger partial charge in [-0.1, -0.05) is 12.5 Å². The Hall–Kier alpha value is -0.970. The molecule has 1 aromatic carbocycles. The largest absolute Gasteiger partial charge is 0.372 e. The van der Waals surface area contributed by atoms with Gasteiger partial charge in [0.05, 0.1) is 6.04 Å². The van der Waals surface area contributed by atoms with Gasteiger partial charge in [-0.3, -0.25) is 4.79 Å². The van der Waals surface area contributed by atoms with Gasteiger partial charge in [0.1, 0.15) is 0 Å². The number of carbonyl (C=O) groups is 1. The number of hydrogen-bond donors (Lipinski definition) is 2. The van der Waals surface area contributed by atoms with Crippen molar-refractivity contribution in [2.75, 3.05) is 23.8 Å². The quantitative estimate of drug-likeness (QED) is 0.876. The summed E-state index contributed by atoms with van der Waals surface area (Å²) in [5.74, 6) is 0.0778. The first-order valence-corrected chi connectivity index (χ1v) is 7.45. The first-order valence-electron chi connectivity index (χ1n) is 7.45. The number of carbonyl (C=O) groups excluding carboxylic acids is 1. The van der Waals surface area contributed by atoms with Gasteiger partial charge in [-0.25, -0.2) is 0 Å². The molecule has 1 heterocycles. The number of anilines is 2. The SMILES string of the molecule is CC(C)N(C)c1cccc(NC(=O)[C@H]2CCCCN2)c1.Cl.Cl. The average Bonchev–Trinajstić information content (AvgIpc) is 2.47. The predicted molar refractivity (Wildman–Crippen MR) is 98.7 cm³/mol. The third-order valence-corrected chi connectivity index (χ3v) is 3.92. The molecule has 126 valence electrons. The van der Waals surface area contributed by atoms with E-state index >= 15 is 0 Å². The van der Waals surface area contributed by atoms with E-state index in [0.29, 0.717) is 6.04 Å². The Morgan fingerprint density at radius 2 is 2.05 bits per heavy atom. The number of halogens is 2. The van der Waals surface area contributed by atoms with Crippen LogP contribution in [0.1, 0.15) is 33.1 Å². The molecule has 1 saturated heterocycles. The summed E-state index contributed by atoms with van der Waals surface area (Å²) in [4.78, 5) is 14.4. The van der Waals surface area contributed by atoms with Gasteiger partial charge in [0.2, 0.25) is 5.91 Å². The maximum atomic E-state index is 12.2. The van der Waals surface area contributed by atoms with E-state index in [1.165, 1.54) is 6.42 Å². The molecule has 0 unspecified atom stereocenters. The van der Waals surface area contributed by atoms with Gasteiger partial charge in [0, 0.05) is 24.5 Å². The fraction of sp³-hybridized carbons (Fsp3) is 0.562. The van der Waals surface area contributed by atoms with Crippen LogP contribution in [0.4, 0.5) is 11.4 Å². The van der Waals surface area contributed by atoms with Crippen molar-refractivity contribution in [3.05, 3.63) is 24.3 Å². The van der Waals surface area contributed by atoms with Crippen LogP contribution in [0.2, 0.25) is 0 Å². The zero-order valence-electron chi connectivity index (χ0n) is 13.5. The lowest BCUT2D eigenvalue weighted by atomic mass is 10.0. The van der Waals surface area contributed by atoms with Gasteiger partial charge < -0.3 is 15.5 Å². The molecule has 4 nitrogen and oxygen atoms in total. The number of nitrogens with one attached hydrogen (secondary N) is 2. The standard InChI is InChI=1S/C16H25N3O.2ClH/c1-12(2)19(3)14-8-6-7-13(11-14)18-16(20)15-9-4-5-10-17-15;;/h6-8,11-12,15,17H,4-5,9-10H2,1-3H3,(H,18,20);2*1H/t15-;;/m1../s1. The second-order valence-corrected chi connectivity index (χ2v) is 5.75. The van der Waals surface area contributed by atoms with Crippen LogP contribution in [-0.4, -0.2) is 31.6 Å². The summed E-state index contributed by atoms with van der Waals surface area (Å²) >= 11 is 0. The molecule has 2 rings (SSSR count). The molecule has 1 amide bonds. The molecule has 1 aliphatic rings. The number of rotatable bonds is 4. The molecule has 1 fully saturated rings. The van der Waals surface area contributed by atoms with E-state index in [1.54, 1.807) is 0 Å². The summed E-state index contributed by atoms with van der Waals surface area (Å²) in [7, 11) is 2.06. The van der Waals surface area contributed by atoms with Crippen molar-refractivity contribution in [1.82, 2.24) is 5.32 Å². The number of nitrogens with zero attached hydrogens (tertiary/aromatic N) is 1. The zero-order valence-corrected chi connectivity index (χ0v) is 15.1. The normalized spacial score (nSPS) is 17.2. The van der Waals surface area contributed by atoms with E-state index in [2.05, 4.69) is 42.5 Å². The highest BCUT2D eigenvalue weighted by Gasteiger charge is 2.20. The summed E-state index contributed by atoms with van der Waals surface area (Å²) in [5, 5.41) is 6.29. The molecule has 1 atom stereocenters. The summed E-state index contributed by atoms with van der Waals surface area (Å²) < 4.78 is 0. The molecule has 22 heavy (non-hydrogen) atoms. The molecule has 0 spiro atoms. The molecule has 1 aromatic rings. The van der Waals surface area contributed by atoms with Gasteiger partial charge in [0.15, 0.2) is 0 Å². The average molecular weight is 348 g/mol. The molecular weight excluding hydrogens is 321 g/mol. The van der Waals surface area contributed by atoms with E-state index in [4.69, 9.17) is 0 Å². The van der Waals surface area contributed by atoms with Crippen molar-refractivity contribution < 1.29 is 4.79 Å². The lowest BCUT2D eigenvalue weighted by Gasteiger charge is -2.25. The predicted octanol–water partition coefficient (Wildman–Crippen LogP) is 3.46. The Labute approximate surface area is 145 Å². The maximum Gasteiger partial charge on any atom is 0.241 e. The van der Waals surface area contributed by atoms with Crippen LogP contribution >= 0.6 is 24.8 Å². The fourth-order valence-electron chi connectivity index (χ4n) is 2.41. The van der Waals surface area contributed by atoms with Crippen LogP contribution in [0, 0.1) is 0 Å². The summed E-state index contributed by atoms with van der Waals surface area (Å²) in [6, 6.07) is 8.40. The highest BCUT2D eigenvalue weighted by molar-refractivity contribution is 5.95. The minimum atomic E-state index is -0.0461. The smallest absolute Gasteiger partial charge is 0.241 e. The zero-order chi connectivity index (χ0) is 14.5. The van der Waals surface area contributed by atoms with Crippen LogP contribution in [0.15, 0.2) is 24.3 Å². The number of piperidine rings is 1. The molecule has 0 radical (unpaired) electrons. The molecule has 0 aliphatic carbocycles. The Bertz CT molecular complexity index is 462. The van der Waals surface area contributed by atoms with E-state index in [1.807, 2.05) is 18.2 Å². The monoisotopic (exact) mass is 347 g/mol. The van der Waals surface area contributed by atoms with Crippen LogP contribution in [0.3, 0.4) is 0 Å². The molecular formula is C16H27Cl2N3O. The van der Waals surface area contributed by atoms with E-state index < -0.39 is 0 Å². The van der Waals surface area contributed by atoms with Gasteiger partial charge in [-0.05, 0) is 51.4 Å². The molecule has 6 heteroatoms. The van der Waals surface area contributed by atoms with Crippen molar-refractivity contribution >= 4 is 42.1 Å². The van der Waals surface area contributed by atoms with Crippen LogP contribution in [-0.2, 0) is 4.79 Å². The van der Waals surface area contributed by atoms with Crippen molar-refractivity contribution in [3.8, 4) is 0 Å². The van der Waals surface area contributed by atoms with E-state index in [0.717, 1.165) is 30.8 Å².